The Labute approximate surface area is 177 Å². The first-order valence-electron chi connectivity index (χ1n) is 10.4. The molecule has 3 rings (SSSR count). The van der Waals surface area contributed by atoms with E-state index in [-0.39, 0.29) is 23.3 Å². The smallest absolute Gasteiger partial charge is 0.253 e. The lowest BCUT2D eigenvalue weighted by molar-refractivity contribution is -0.126. The Morgan fingerprint density at radius 2 is 1.64 bits per heavy atom. The number of hydrogen-bond acceptors (Lipinski definition) is 3. The molecule has 28 heavy (non-hydrogen) atoms. The van der Waals surface area contributed by atoms with Crippen molar-refractivity contribution < 1.29 is 9.59 Å². The highest BCUT2D eigenvalue weighted by atomic mass is 79.9. The van der Waals surface area contributed by atoms with Gasteiger partial charge in [-0.2, -0.15) is 0 Å². The lowest BCUT2D eigenvalue weighted by Crippen LogP contribution is -2.54. The van der Waals surface area contributed by atoms with Crippen molar-refractivity contribution in [3.8, 4) is 0 Å². The van der Waals surface area contributed by atoms with Gasteiger partial charge in [0.15, 0.2) is 0 Å². The summed E-state index contributed by atoms with van der Waals surface area (Å²) in [6, 6.07) is 7.46. The highest BCUT2D eigenvalue weighted by Crippen LogP contribution is 2.22. The number of benzene rings is 1. The lowest BCUT2D eigenvalue weighted by Gasteiger charge is -2.41. The van der Waals surface area contributed by atoms with E-state index in [4.69, 9.17) is 0 Å². The van der Waals surface area contributed by atoms with Crippen LogP contribution in [-0.2, 0) is 4.79 Å². The summed E-state index contributed by atoms with van der Waals surface area (Å²) in [5.41, 5.74) is 0.698. The molecule has 2 fully saturated rings. The Morgan fingerprint density at radius 3 is 2.25 bits per heavy atom. The molecule has 0 saturated carbocycles. The number of likely N-dealkylation sites (tertiary alicyclic amines) is 2. The van der Waals surface area contributed by atoms with Gasteiger partial charge in [-0.15, -0.1) is 0 Å². The van der Waals surface area contributed by atoms with Crippen molar-refractivity contribution in [3.63, 3.8) is 0 Å². The van der Waals surface area contributed by atoms with Crippen LogP contribution in [0.2, 0.25) is 0 Å². The van der Waals surface area contributed by atoms with E-state index in [1.165, 1.54) is 19.3 Å². The first-order valence-corrected chi connectivity index (χ1v) is 11.2. The van der Waals surface area contributed by atoms with Crippen LogP contribution in [0.25, 0.3) is 0 Å². The van der Waals surface area contributed by atoms with E-state index in [0.717, 1.165) is 30.4 Å². The number of amides is 2. The maximum atomic E-state index is 12.7. The van der Waals surface area contributed by atoms with Crippen molar-refractivity contribution in [2.45, 2.75) is 51.5 Å². The SMILES string of the molecule is CC(C)(CNC(=O)C1CCN(C(=O)c2ccc(Br)cc2)CC1)N1CCCCC1. The van der Waals surface area contributed by atoms with Crippen LogP contribution in [0.3, 0.4) is 0 Å². The van der Waals surface area contributed by atoms with E-state index in [1.54, 1.807) is 0 Å². The molecule has 0 aromatic heterocycles. The van der Waals surface area contributed by atoms with Gasteiger partial charge in [0.25, 0.3) is 5.91 Å². The molecule has 1 aromatic carbocycles. The fraction of sp³-hybridized carbons (Fsp3) is 0.636. The van der Waals surface area contributed by atoms with Crippen LogP contribution in [0.1, 0.15) is 56.3 Å². The predicted molar refractivity (Wildman–Crippen MR) is 115 cm³/mol. The maximum Gasteiger partial charge on any atom is 0.253 e. The van der Waals surface area contributed by atoms with Crippen molar-refractivity contribution in [1.29, 1.82) is 0 Å². The molecule has 5 nitrogen and oxygen atoms in total. The van der Waals surface area contributed by atoms with Crippen molar-refractivity contribution in [2.24, 2.45) is 5.92 Å². The summed E-state index contributed by atoms with van der Waals surface area (Å²) in [7, 11) is 0. The molecule has 0 spiro atoms. The van der Waals surface area contributed by atoms with Crippen LogP contribution in [-0.4, -0.2) is 59.9 Å². The fourth-order valence-corrected chi connectivity index (χ4v) is 4.44. The number of rotatable bonds is 5. The van der Waals surface area contributed by atoms with Gasteiger partial charge >= 0.3 is 0 Å². The number of nitrogens with zero attached hydrogens (tertiary/aromatic N) is 2. The van der Waals surface area contributed by atoms with Crippen molar-refractivity contribution in [3.05, 3.63) is 34.3 Å². The molecule has 2 saturated heterocycles. The van der Waals surface area contributed by atoms with Gasteiger partial charge in [-0.25, -0.2) is 0 Å². The highest BCUT2D eigenvalue weighted by Gasteiger charge is 2.31. The maximum absolute atomic E-state index is 12.7. The molecule has 0 bridgehead atoms. The first-order chi connectivity index (χ1) is 13.4. The molecule has 1 N–H and O–H groups in total. The van der Waals surface area contributed by atoms with Crippen LogP contribution >= 0.6 is 15.9 Å². The second kappa shape index (κ2) is 9.40. The normalized spacial score (nSPS) is 19.5. The second-order valence-electron chi connectivity index (χ2n) is 8.65. The number of carbonyl (C=O) groups is 2. The second-order valence-corrected chi connectivity index (χ2v) is 9.57. The Bertz CT molecular complexity index is 676. The van der Waals surface area contributed by atoms with E-state index >= 15 is 0 Å². The Kier molecular flexibility index (Phi) is 7.15. The third-order valence-electron chi connectivity index (χ3n) is 6.15. The summed E-state index contributed by atoms with van der Waals surface area (Å²) in [5, 5.41) is 3.18. The standard InChI is InChI=1S/C22H32BrN3O2/c1-22(2,26-12-4-3-5-13-26)16-24-20(27)17-10-14-25(15-11-17)21(28)18-6-8-19(23)9-7-18/h6-9,17H,3-5,10-16H2,1-2H3,(H,24,27). The van der Waals surface area contributed by atoms with Crippen molar-refractivity contribution >= 4 is 27.7 Å². The number of carbonyl (C=O) groups excluding carboxylic acids is 2. The van der Waals surface area contributed by atoms with Crippen LogP contribution in [0.4, 0.5) is 0 Å². The zero-order valence-corrected chi connectivity index (χ0v) is 18.6. The molecule has 0 atom stereocenters. The molecule has 2 heterocycles. The Morgan fingerprint density at radius 1 is 1.04 bits per heavy atom. The largest absolute Gasteiger partial charge is 0.354 e. The molecule has 2 aliphatic rings. The van der Waals surface area contributed by atoms with Gasteiger partial charge in [0.2, 0.25) is 5.91 Å². The number of nitrogens with one attached hydrogen (secondary N) is 1. The monoisotopic (exact) mass is 449 g/mol. The lowest BCUT2D eigenvalue weighted by atomic mass is 9.94. The molecule has 0 aliphatic carbocycles. The number of halogens is 1. The minimum atomic E-state index is -0.00562. The summed E-state index contributed by atoms with van der Waals surface area (Å²) >= 11 is 3.40. The number of piperidine rings is 2. The average Bonchev–Trinajstić information content (AvgIpc) is 2.73. The molecule has 2 aliphatic heterocycles. The zero-order valence-electron chi connectivity index (χ0n) is 17.0. The van der Waals surface area contributed by atoms with Crippen molar-refractivity contribution in [2.75, 3.05) is 32.7 Å². The summed E-state index contributed by atoms with van der Waals surface area (Å²) in [6.07, 6.45) is 5.29. The minimum absolute atomic E-state index is 0.00562. The molecule has 0 radical (unpaired) electrons. The van der Waals surface area contributed by atoms with Crippen molar-refractivity contribution in [1.82, 2.24) is 15.1 Å². The Balaban J connectivity index is 1.45. The predicted octanol–water partition coefficient (Wildman–Crippen LogP) is 3.68. The third-order valence-corrected chi connectivity index (χ3v) is 6.68. The topological polar surface area (TPSA) is 52.7 Å². The fourth-order valence-electron chi connectivity index (χ4n) is 4.18. The van der Waals surface area contributed by atoms with Gasteiger partial charge in [0.05, 0.1) is 0 Å². The molecule has 6 heteroatoms. The van der Waals surface area contributed by atoms with E-state index in [2.05, 4.69) is 40.0 Å². The molecular formula is C22H32BrN3O2. The van der Waals surface area contributed by atoms with E-state index in [9.17, 15) is 9.59 Å². The Hall–Kier alpha value is -1.40. The third kappa shape index (κ3) is 5.35. The van der Waals surface area contributed by atoms with E-state index in [0.29, 0.717) is 25.2 Å². The molecule has 1 aromatic rings. The molecule has 0 unspecified atom stereocenters. The number of hydrogen-bond donors (Lipinski definition) is 1. The van der Waals surface area contributed by atoms with Gasteiger partial charge in [-0.1, -0.05) is 22.4 Å². The van der Waals surface area contributed by atoms with E-state index in [1.807, 2.05) is 29.2 Å². The average molecular weight is 450 g/mol. The highest BCUT2D eigenvalue weighted by molar-refractivity contribution is 9.10. The summed E-state index contributed by atoms with van der Waals surface area (Å²) in [6.45, 7) is 8.66. The van der Waals surface area contributed by atoms with Gasteiger partial charge < -0.3 is 10.2 Å². The van der Waals surface area contributed by atoms with E-state index < -0.39 is 0 Å². The van der Waals surface area contributed by atoms with Crippen LogP contribution < -0.4 is 5.32 Å². The molecular weight excluding hydrogens is 418 g/mol. The van der Waals surface area contributed by atoms with Gasteiger partial charge in [0.1, 0.15) is 0 Å². The van der Waals surface area contributed by atoms with Crippen LogP contribution in [0.15, 0.2) is 28.7 Å². The molecule has 154 valence electrons. The van der Waals surface area contributed by atoms with Gasteiger partial charge in [-0.05, 0) is 76.9 Å². The summed E-state index contributed by atoms with van der Waals surface area (Å²) in [5.74, 6) is 0.199. The van der Waals surface area contributed by atoms with Gasteiger partial charge in [-0.3, -0.25) is 14.5 Å². The summed E-state index contributed by atoms with van der Waals surface area (Å²) < 4.78 is 0.965. The quantitative estimate of drug-likeness (QED) is 0.745. The zero-order chi connectivity index (χ0) is 20.1. The minimum Gasteiger partial charge on any atom is -0.354 e. The first kappa shape index (κ1) is 21.3. The van der Waals surface area contributed by atoms with Crippen LogP contribution in [0, 0.1) is 5.92 Å². The summed E-state index contributed by atoms with van der Waals surface area (Å²) in [4.78, 5) is 29.7. The van der Waals surface area contributed by atoms with Gasteiger partial charge in [0, 0.05) is 41.1 Å². The molecule has 2 amide bonds. The van der Waals surface area contributed by atoms with Crippen LogP contribution in [0.5, 0.6) is 0 Å².